The molecule has 1 unspecified atom stereocenters. The van der Waals surface area contributed by atoms with E-state index in [1.807, 2.05) is 73.8 Å². The van der Waals surface area contributed by atoms with E-state index >= 15 is 0 Å². The van der Waals surface area contributed by atoms with Crippen LogP contribution >= 0.6 is 11.3 Å². The third kappa shape index (κ3) is 4.98. The van der Waals surface area contributed by atoms with Gasteiger partial charge in [0, 0.05) is 34.1 Å². The number of nitrogens with one attached hydrogen (secondary N) is 2. The highest BCUT2D eigenvalue weighted by Crippen LogP contribution is 2.38. The Kier molecular flexibility index (Phi) is 6.38. The number of amides is 1. The fraction of sp³-hybridized carbons (Fsp3) is 0.160. The van der Waals surface area contributed by atoms with E-state index in [9.17, 15) is 4.79 Å². The molecule has 4 aromatic rings. The molecule has 0 aliphatic carbocycles. The lowest BCUT2D eigenvalue weighted by atomic mass is 10.0. The Morgan fingerprint density at radius 3 is 2.61 bits per heavy atom. The van der Waals surface area contributed by atoms with E-state index in [0.717, 1.165) is 34.1 Å². The number of carbonyl (C=O) groups is 1. The average molecular weight is 429 g/mol. The maximum absolute atomic E-state index is 12.9. The molecule has 3 aromatic heterocycles. The molecule has 1 aromatic carbocycles. The number of thiophene rings is 1. The number of pyridine rings is 2. The van der Waals surface area contributed by atoms with Crippen molar-refractivity contribution >= 4 is 28.1 Å². The smallest absolute Gasteiger partial charge is 0.256 e. The van der Waals surface area contributed by atoms with Gasteiger partial charge in [-0.1, -0.05) is 37.3 Å². The van der Waals surface area contributed by atoms with Crippen LogP contribution in [0.1, 0.15) is 45.0 Å². The zero-order valence-electron chi connectivity index (χ0n) is 17.5. The summed E-state index contributed by atoms with van der Waals surface area (Å²) in [5, 5.41) is 7.51. The number of carbonyl (C=O) groups excluding carboxylic acids is 1. The molecule has 1 atom stereocenters. The lowest BCUT2D eigenvalue weighted by Crippen LogP contribution is -2.17. The van der Waals surface area contributed by atoms with Crippen LogP contribution in [0.3, 0.4) is 0 Å². The van der Waals surface area contributed by atoms with Crippen LogP contribution in [0.4, 0.5) is 10.8 Å². The minimum absolute atomic E-state index is 0.120. The van der Waals surface area contributed by atoms with Gasteiger partial charge in [-0.15, -0.1) is 11.3 Å². The molecule has 156 valence electrons. The first-order valence-electron chi connectivity index (χ1n) is 10.2. The molecule has 0 aliphatic heterocycles. The monoisotopic (exact) mass is 428 g/mol. The highest BCUT2D eigenvalue weighted by Gasteiger charge is 2.23. The van der Waals surface area contributed by atoms with Crippen molar-refractivity contribution < 1.29 is 4.79 Å². The molecule has 3 heterocycles. The summed E-state index contributed by atoms with van der Waals surface area (Å²) in [4.78, 5) is 23.0. The van der Waals surface area contributed by atoms with E-state index in [1.165, 1.54) is 4.88 Å². The van der Waals surface area contributed by atoms with Gasteiger partial charge in [0.15, 0.2) is 0 Å². The third-order valence-corrected chi connectivity index (χ3v) is 6.14. The SMILES string of the molecule is CCc1cc(C(Nc2cccc(C)n2)c2cccnc2)c(NC(=O)c2ccccc2)s1. The van der Waals surface area contributed by atoms with E-state index in [2.05, 4.69) is 33.6 Å². The molecular weight excluding hydrogens is 404 g/mol. The first-order chi connectivity index (χ1) is 15.1. The largest absolute Gasteiger partial charge is 0.359 e. The summed E-state index contributed by atoms with van der Waals surface area (Å²) < 4.78 is 0. The van der Waals surface area contributed by atoms with Crippen LogP contribution in [0.5, 0.6) is 0 Å². The van der Waals surface area contributed by atoms with Crippen LogP contribution in [0.25, 0.3) is 0 Å². The third-order valence-electron chi connectivity index (χ3n) is 4.93. The first kappa shape index (κ1) is 20.8. The Morgan fingerprint density at radius 1 is 1.06 bits per heavy atom. The van der Waals surface area contributed by atoms with Crippen molar-refractivity contribution in [1.29, 1.82) is 0 Å². The molecule has 4 rings (SSSR count). The molecule has 0 bridgehead atoms. The minimum Gasteiger partial charge on any atom is -0.359 e. The Bertz CT molecular complexity index is 1160. The second-order valence-corrected chi connectivity index (χ2v) is 8.34. The molecule has 6 heteroatoms. The molecule has 31 heavy (non-hydrogen) atoms. The molecule has 0 saturated heterocycles. The van der Waals surface area contributed by atoms with E-state index in [-0.39, 0.29) is 11.9 Å². The van der Waals surface area contributed by atoms with Gasteiger partial charge in [-0.25, -0.2) is 4.98 Å². The summed E-state index contributed by atoms with van der Waals surface area (Å²) in [6.45, 7) is 4.09. The van der Waals surface area contributed by atoms with E-state index in [0.29, 0.717) is 5.56 Å². The predicted molar refractivity (Wildman–Crippen MR) is 127 cm³/mol. The van der Waals surface area contributed by atoms with E-state index < -0.39 is 0 Å². The van der Waals surface area contributed by atoms with Crippen LogP contribution in [0, 0.1) is 6.92 Å². The quantitative estimate of drug-likeness (QED) is 0.387. The Balaban J connectivity index is 1.73. The number of aromatic nitrogens is 2. The van der Waals surface area contributed by atoms with Crippen LogP contribution < -0.4 is 10.6 Å². The Hall–Kier alpha value is -3.51. The topological polar surface area (TPSA) is 66.9 Å². The maximum Gasteiger partial charge on any atom is 0.256 e. The second kappa shape index (κ2) is 9.53. The lowest BCUT2D eigenvalue weighted by molar-refractivity contribution is 0.102. The summed E-state index contributed by atoms with van der Waals surface area (Å²) in [5.74, 6) is 0.656. The molecular formula is C25H24N4OS. The zero-order chi connectivity index (χ0) is 21.6. The molecule has 0 radical (unpaired) electrons. The number of rotatable bonds is 7. The van der Waals surface area contributed by atoms with Crippen molar-refractivity contribution in [1.82, 2.24) is 9.97 Å². The summed E-state index contributed by atoms with van der Waals surface area (Å²) in [6.07, 6.45) is 4.50. The Morgan fingerprint density at radius 2 is 1.90 bits per heavy atom. The summed E-state index contributed by atoms with van der Waals surface area (Å²) in [6, 6.07) is 21.1. The van der Waals surface area contributed by atoms with E-state index in [1.54, 1.807) is 17.5 Å². The highest BCUT2D eigenvalue weighted by atomic mass is 32.1. The standard InChI is InChI=1S/C25H24N4OS/c1-3-20-15-21(25(31-20)29-24(30)18-10-5-4-6-11-18)23(19-12-8-14-26-16-19)28-22-13-7-9-17(2)27-22/h4-16,23H,3H2,1-2H3,(H,27,28)(H,29,30). The predicted octanol–water partition coefficient (Wildman–Crippen LogP) is 5.86. The van der Waals surface area contributed by atoms with Crippen LogP contribution in [0.2, 0.25) is 0 Å². The number of hydrogen-bond donors (Lipinski definition) is 2. The molecule has 0 spiro atoms. The normalized spacial score (nSPS) is 11.7. The molecule has 0 saturated carbocycles. The highest BCUT2D eigenvalue weighted by molar-refractivity contribution is 7.16. The average Bonchev–Trinajstić information content (AvgIpc) is 3.21. The van der Waals surface area contributed by atoms with Crippen molar-refractivity contribution in [2.75, 3.05) is 10.6 Å². The van der Waals surface area contributed by atoms with Gasteiger partial charge in [-0.3, -0.25) is 9.78 Å². The summed E-state index contributed by atoms with van der Waals surface area (Å²) >= 11 is 1.61. The summed E-state index contributed by atoms with van der Waals surface area (Å²) in [5.41, 5.74) is 3.57. The van der Waals surface area contributed by atoms with Gasteiger partial charge in [-0.2, -0.15) is 0 Å². The van der Waals surface area contributed by atoms with Gasteiger partial charge in [0.25, 0.3) is 5.91 Å². The summed E-state index contributed by atoms with van der Waals surface area (Å²) in [7, 11) is 0. The number of nitrogens with zero attached hydrogens (tertiary/aromatic N) is 2. The molecule has 2 N–H and O–H groups in total. The minimum atomic E-state index is -0.203. The lowest BCUT2D eigenvalue weighted by Gasteiger charge is -2.21. The number of aryl methyl sites for hydroxylation is 2. The maximum atomic E-state index is 12.9. The van der Waals surface area contributed by atoms with Crippen molar-refractivity contribution in [3.05, 3.63) is 106 Å². The van der Waals surface area contributed by atoms with Crippen LogP contribution in [-0.2, 0) is 6.42 Å². The molecule has 1 amide bonds. The van der Waals surface area contributed by atoms with Crippen molar-refractivity contribution in [3.63, 3.8) is 0 Å². The second-order valence-electron chi connectivity index (χ2n) is 7.20. The Labute approximate surface area is 186 Å². The van der Waals surface area contributed by atoms with Crippen molar-refractivity contribution in [3.8, 4) is 0 Å². The van der Waals surface area contributed by atoms with Gasteiger partial charge >= 0.3 is 0 Å². The van der Waals surface area contributed by atoms with E-state index in [4.69, 9.17) is 0 Å². The van der Waals surface area contributed by atoms with Gasteiger partial charge in [-0.05, 0) is 55.3 Å². The number of benzene rings is 1. The number of anilines is 2. The molecule has 5 nitrogen and oxygen atoms in total. The number of hydrogen-bond acceptors (Lipinski definition) is 5. The van der Waals surface area contributed by atoms with Crippen LogP contribution in [0.15, 0.2) is 79.1 Å². The van der Waals surface area contributed by atoms with Gasteiger partial charge < -0.3 is 10.6 Å². The fourth-order valence-corrected chi connectivity index (χ4v) is 4.40. The van der Waals surface area contributed by atoms with Crippen molar-refractivity contribution in [2.24, 2.45) is 0 Å². The zero-order valence-corrected chi connectivity index (χ0v) is 18.3. The molecule has 0 fully saturated rings. The van der Waals surface area contributed by atoms with Crippen LogP contribution in [-0.4, -0.2) is 15.9 Å². The first-order valence-corrected chi connectivity index (χ1v) is 11.0. The molecule has 0 aliphatic rings. The fourth-order valence-electron chi connectivity index (χ4n) is 3.37. The van der Waals surface area contributed by atoms with Gasteiger partial charge in [0.05, 0.1) is 6.04 Å². The van der Waals surface area contributed by atoms with Gasteiger partial charge in [0.1, 0.15) is 10.8 Å². The van der Waals surface area contributed by atoms with Gasteiger partial charge in [0.2, 0.25) is 0 Å². The van der Waals surface area contributed by atoms with Crippen molar-refractivity contribution in [2.45, 2.75) is 26.3 Å².